The van der Waals surface area contributed by atoms with Gasteiger partial charge in [-0.3, -0.25) is 9.78 Å². The van der Waals surface area contributed by atoms with Gasteiger partial charge in [-0.15, -0.1) is 12.4 Å². The van der Waals surface area contributed by atoms with Crippen molar-refractivity contribution in [3.63, 3.8) is 0 Å². The molecule has 2 fully saturated rings. The number of piperidine rings is 1. The first-order chi connectivity index (χ1) is 13.2. The van der Waals surface area contributed by atoms with E-state index in [-0.39, 0.29) is 23.9 Å². The number of hydrogen-bond acceptors (Lipinski definition) is 4. The fraction of sp³-hybridized carbons (Fsp3) is 0.455. The summed E-state index contributed by atoms with van der Waals surface area (Å²) in [5.74, 6) is 0.0279. The number of likely N-dealkylation sites (tertiary alicyclic amines) is 1. The Labute approximate surface area is 173 Å². The third-order valence-corrected chi connectivity index (χ3v) is 5.77. The first-order valence-electron chi connectivity index (χ1n) is 9.81. The van der Waals surface area contributed by atoms with Crippen molar-refractivity contribution >= 4 is 24.0 Å². The number of anilines is 1. The van der Waals surface area contributed by atoms with Gasteiger partial charge in [-0.2, -0.15) is 0 Å². The van der Waals surface area contributed by atoms with Crippen LogP contribution in [0, 0.1) is 0 Å². The molecule has 0 N–H and O–H groups in total. The molecule has 1 spiro atoms. The number of morpholine rings is 1. The van der Waals surface area contributed by atoms with E-state index in [2.05, 4.69) is 40.2 Å². The highest BCUT2D eigenvalue weighted by atomic mass is 35.5. The van der Waals surface area contributed by atoms with Crippen molar-refractivity contribution in [2.75, 3.05) is 31.1 Å². The van der Waals surface area contributed by atoms with E-state index in [1.54, 1.807) is 12.4 Å². The Kier molecular flexibility index (Phi) is 6.70. The molecule has 28 heavy (non-hydrogen) atoms. The number of carbonyl (C=O) groups is 1. The van der Waals surface area contributed by atoms with Crippen molar-refractivity contribution in [3.8, 4) is 0 Å². The van der Waals surface area contributed by atoms with Gasteiger partial charge in [0.1, 0.15) is 6.10 Å². The van der Waals surface area contributed by atoms with Crippen LogP contribution in [-0.2, 0) is 16.0 Å². The number of aromatic nitrogens is 1. The lowest BCUT2D eigenvalue weighted by Gasteiger charge is -2.49. The van der Waals surface area contributed by atoms with E-state index in [9.17, 15) is 4.79 Å². The van der Waals surface area contributed by atoms with Gasteiger partial charge in [-0.1, -0.05) is 30.3 Å². The fourth-order valence-corrected chi connectivity index (χ4v) is 4.17. The van der Waals surface area contributed by atoms with Crippen LogP contribution in [0.3, 0.4) is 0 Å². The average molecular weight is 402 g/mol. The van der Waals surface area contributed by atoms with Gasteiger partial charge < -0.3 is 14.5 Å². The molecule has 0 aliphatic carbocycles. The Morgan fingerprint density at radius 2 is 1.89 bits per heavy atom. The molecule has 1 atom stereocenters. The summed E-state index contributed by atoms with van der Waals surface area (Å²) in [6.07, 6.45) is 6.07. The Hall–Kier alpha value is -1.95. The highest BCUT2D eigenvalue weighted by molar-refractivity contribution is 5.97. The smallest absolute Gasteiger partial charge is 0.255 e. The van der Waals surface area contributed by atoms with Crippen LogP contribution in [0.4, 0.5) is 5.69 Å². The van der Waals surface area contributed by atoms with E-state index in [4.69, 9.17) is 4.74 Å². The van der Waals surface area contributed by atoms with Crippen LogP contribution in [0.5, 0.6) is 0 Å². The standard InChI is InChI=1S/C22H27N3O2.ClH/c1-18-21(26)25(20-8-5-12-23-16-20)17-22(27-18)10-14-24(15-11-22)13-9-19-6-3-2-4-7-19;/h2-8,12,16,18H,9-11,13-15,17H2,1H3;1H. The number of carbonyl (C=O) groups excluding carboxylic acids is 1. The molecular weight excluding hydrogens is 374 g/mol. The van der Waals surface area contributed by atoms with E-state index < -0.39 is 6.10 Å². The number of pyridine rings is 1. The minimum absolute atomic E-state index is 0. The van der Waals surface area contributed by atoms with Crippen molar-refractivity contribution in [1.29, 1.82) is 0 Å². The van der Waals surface area contributed by atoms with E-state index in [1.165, 1.54) is 5.56 Å². The second-order valence-electron chi connectivity index (χ2n) is 7.66. The average Bonchev–Trinajstić information content (AvgIpc) is 2.72. The first-order valence-corrected chi connectivity index (χ1v) is 9.81. The van der Waals surface area contributed by atoms with Crippen LogP contribution < -0.4 is 4.90 Å². The number of rotatable bonds is 4. The fourth-order valence-electron chi connectivity index (χ4n) is 4.17. The molecule has 3 heterocycles. The molecule has 1 aromatic carbocycles. The number of amides is 1. The number of ether oxygens (including phenoxy) is 1. The third-order valence-electron chi connectivity index (χ3n) is 5.77. The van der Waals surface area contributed by atoms with Crippen LogP contribution in [0.1, 0.15) is 25.3 Å². The lowest BCUT2D eigenvalue weighted by molar-refractivity contribution is -0.161. The number of nitrogens with zero attached hydrogens (tertiary/aromatic N) is 3. The molecule has 4 rings (SSSR count). The maximum atomic E-state index is 12.6. The third kappa shape index (κ3) is 4.54. The zero-order valence-corrected chi connectivity index (χ0v) is 17.1. The van der Waals surface area contributed by atoms with E-state index in [0.717, 1.165) is 44.6 Å². The molecule has 5 nitrogen and oxygen atoms in total. The van der Waals surface area contributed by atoms with Crippen LogP contribution in [0.15, 0.2) is 54.9 Å². The second kappa shape index (κ2) is 9.03. The molecule has 1 unspecified atom stereocenters. The zero-order chi connectivity index (χ0) is 18.7. The molecule has 2 saturated heterocycles. The summed E-state index contributed by atoms with van der Waals surface area (Å²) in [6.45, 7) is 5.58. The van der Waals surface area contributed by atoms with Crippen LogP contribution >= 0.6 is 12.4 Å². The summed E-state index contributed by atoms with van der Waals surface area (Å²) in [4.78, 5) is 21.2. The van der Waals surface area contributed by atoms with Gasteiger partial charge in [0.15, 0.2) is 0 Å². The number of benzene rings is 1. The van der Waals surface area contributed by atoms with Crippen LogP contribution in [0.2, 0.25) is 0 Å². The molecular formula is C22H28ClN3O2. The lowest BCUT2D eigenvalue weighted by Crippen LogP contribution is -2.61. The SMILES string of the molecule is CC1OC2(CCN(CCc3ccccc3)CC2)CN(c2cccnc2)C1=O.Cl. The van der Waals surface area contributed by atoms with Gasteiger partial charge in [-0.05, 0) is 43.9 Å². The van der Waals surface area contributed by atoms with Crippen LogP contribution in [-0.4, -0.2) is 53.7 Å². The van der Waals surface area contributed by atoms with Gasteiger partial charge in [0.2, 0.25) is 0 Å². The van der Waals surface area contributed by atoms with Crippen molar-refractivity contribution in [2.45, 2.75) is 37.9 Å². The summed E-state index contributed by atoms with van der Waals surface area (Å²) < 4.78 is 6.25. The Morgan fingerprint density at radius 1 is 1.14 bits per heavy atom. The van der Waals surface area contributed by atoms with E-state index >= 15 is 0 Å². The van der Waals surface area contributed by atoms with Gasteiger partial charge in [0.25, 0.3) is 5.91 Å². The van der Waals surface area contributed by atoms with Crippen LogP contribution in [0.25, 0.3) is 0 Å². The first kappa shape index (κ1) is 20.8. The molecule has 150 valence electrons. The van der Waals surface area contributed by atoms with Crippen molar-refractivity contribution in [3.05, 3.63) is 60.4 Å². The Balaban J connectivity index is 0.00000225. The normalized spacial score (nSPS) is 22.1. The molecule has 1 amide bonds. The molecule has 0 saturated carbocycles. The predicted octanol–water partition coefficient (Wildman–Crippen LogP) is 3.33. The molecule has 0 bridgehead atoms. The predicted molar refractivity (Wildman–Crippen MR) is 113 cm³/mol. The maximum absolute atomic E-state index is 12.6. The molecule has 1 aromatic heterocycles. The maximum Gasteiger partial charge on any atom is 0.255 e. The lowest BCUT2D eigenvalue weighted by atomic mass is 9.88. The summed E-state index contributed by atoms with van der Waals surface area (Å²) in [5.41, 5.74) is 2.00. The summed E-state index contributed by atoms with van der Waals surface area (Å²) in [6, 6.07) is 14.5. The van der Waals surface area contributed by atoms with Gasteiger partial charge in [0, 0.05) is 25.8 Å². The van der Waals surface area contributed by atoms with Crippen molar-refractivity contribution in [2.24, 2.45) is 0 Å². The quantitative estimate of drug-likeness (QED) is 0.788. The highest BCUT2D eigenvalue weighted by Crippen LogP contribution is 2.34. The largest absolute Gasteiger partial charge is 0.360 e. The summed E-state index contributed by atoms with van der Waals surface area (Å²) >= 11 is 0. The highest BCUT2D eigenvalue weighted by Gasteiger charge is 2.45. The number of hydrogen-bond donors (Lipinski definition) is 0. The number of halogens is 1. The Bertz CT molecular complexity index is 764. The van der Waals surface area contributed by atoms with Gasteiger partial charge in [-0.25, -0.2) is 0 Å². The van der Waals surface area contributed by atoms with Gasteiger partial charge in [0.05, 0.1) is 24.0 Å². The second-order valence-corrected chi connectivity index (χ2v) is 7.66. The van der Waals surface area contributed by atoms with E-state index in [1.807, 2.05) is 24.0 Å². The topological polar surface area (TPSA) is 45.7 Å². The van der Waals surface area contributed by atoms with Crippen molar-refractivity contribution in [1.82, 2.24) is 9.88 Å². The zero-order valence-electron chi connectivity index (χ0n) is 16.3. The minimum Gasteiger partial charge on any atom is -0.360 e. The van der Waals surface area contributed by atoms with Gasteiger partial charge >= 0.3 is 0 Å². The van der Waals surface area contributed by atoms with E-state index in [0.29, 0.717) is 6.54 Å². The molecule has 2 aliphatic rings. The van der Waals surface area contributed by atoms with Crippen molar-refractivity contribution < 1.29 is 9.53 Å². The molecule has 0 radical (unpaired) electrons. The Morgan fingerprint density at radius 3 is 2.57 bits per heavy atom. The summed E-state index contributed by atoms with van der Waals surface area (Å²) in [5, 5.41) is 0. The minimum atomic E-state index is -0.408. The molecule has 2 aliphatic heterocycles. The monoisotopic (exact) mass is 401 g/mol. The summed E-state index contributed by atoms with van der Waals surface area (Å²) in [7, 11) is 0. The molecule has 6 heteroatoms. The molecule has 2 aromatic rings.